The maximum atomic E-state index is 11.8. The second-order valence-electron chi connectivity index (χ2n) is 3.12. The van der Waals surface area contributed by atoms with Gasteiger partial charge in [-0.3, -0.25) is 4.79 Å². The van der Waals surface area contributed by atoms with E-state index in [0.717, 1.165) is 17.8 Å². The van der Waals surface area contributed by atoms with E-state index in [1.54, 1.807) is 4.57 Å². The van der Waals surface area contributed by atoms with Crippen molar-refractivity contribution in [3.8, 4) is 0 Å². The summed E-state index contributed by atoms with van der Waals surface area (Å²) in [6, 6.07) is 3.73. The summed E-state index contributed by atoms with van der Waals surface area (Å²) in [7, 11) is 0. The van der Waals surface area contributed by atoms with Gasteiger partial charge in [-0.25, -0.2) is 0 Å². The van der Waals surface area contributed by atoms with Crippen molar-refractivity contribution < 1.29 is 0 Å². The van der Waals surface area contributed by atoms with Crippen LogP contribution < -0.4 is 5.56 Å². The lowest BCUT2D eigenvalue weighted by molar-refractivity contribution is 0.695. The molecule has 2 aromatic heterocycles. The zero-order valence-electron chi connectivity index (χ0n) is 7.82. The van der Waals surface area contributed by atoms with Gasteiger partial charge in [0.1, 0.15) is 5.52 Å². The van der Waals surface area contributed by atoms with Crippen molar-refractivity contribution in [1.82, 2.24) is 8.97 Å². The van der Waals surface area contributed by atoms with Crippen LogP contribution in [0.4, 0.5) is 0 Å². The van der Waals surface area contributed by atoms with Gasteiger partial charge < -0.3 is 8.97 Å². The largest absolute Gasteiger partial charge is 0.317 e. The zero-order valence-corrected chi connectivity index (χ0v) is 7.82. The molecule has 13 heavy (non-hydrogen) atoms. The van der Waals surface area contributed by atoms with Crippen LogP contribution in [0.15, 0.2) is 29.3 Å². The maximum absolute atomic E-state index is 11.8. The fourth-order valence-electron chi connectivity index (χ4n) is 1.65. The first-order valence-corrected chi connectivity index (χ1v) is 4.41. The summed E-state index contributed by atoms with van der Waals surface area (Å²) in [6.07, 6.45) is 3.87. The van der Waals surface area contributed by atoms with E-state index in [4.69, 9.17) is 0 Å². The first-order valence-electron chi connectivity index (χ1n) is 4.41. The molecule has 0 saturated heterocycles. The molecule has 68 valence electrons. The highest BCUT2D eigenvalue weighted by Gasteiger charge is 2.03. The van der Waals surface area contributed by atoms with E-state index < -0.39 is 0 Å². The van der Waals surface area contributed by atoms with E-state index in [1.807, 2.05) is 42.8 Å². The average molecular weight is 176 g/mol. The number of hydrogen-bond donors (Lipinski definition) is 0. The maximum Gasteiger partial charge on any atom is 0.275 e. The van der Waals surface area contributed by atoms with Crippen LogP contribution >= 0.6 is 0 Å². The Morgan fingerprint density at radius 1 is 1.46 bits per heavy atom. The van der Waals surface area contributed by atoms with Crippen molar-refractivity contribution in [2.75, 3.05) is 0 Å². The van der Waals surface area contributed by atoms with Crippen LogP contribution in [0.5, 0.6) is 0 Å². The van der Waals surface area contributed by atoms with Gasteiger partial charge in [-0.15, -0.1) is 0 Å². The fourth-order valence-corrected chi connectivity index (χ4v) is 1.65. The summed E-state index contributed by atoms with van der Waals surface area (Å²) in [5.41, 5.74) is 1.83. The molecule has 0 atom stereocenters. The molecular formula is C10H12N2O. The van der Waals surface area contributed by atoms with Crippen LogP contribution in [0.2, 0.25) is 0 Å². The summed E-state index contributed by atoms with van der Waals surface area (Å²) in [5.74, 6) is 0. The summed E-state index contributed by atoms with van der Waals surface area (Å²) >= 11 is 0. The fraction of sp³-hybridized carbons (Fsp3) is 0.300. The minimum atomic E-state index is 0.0903. The van der Waals surface area contributed by atoms with Gasteiger partial charge in [0.05, 0.1) is 0 Å². The molecule has 3 nitrogen and oxygen atoms in total. The SMILES string of the molecule is CCn1c(C)cn2cccc2c1=O. The molecule has 2 aromatic rings. The second-order valence-corrected chi connectivity index (χ2v) is 3.12. The lowest BCUT2D eigenvalue weighted by Crippen LogP contribution is -2.22. The van der Waals surface area contributed by atoms with Gasteiger partial charge >= 0.3 is 0 Å². The van der Waals surface area contributed by atoms with Crippen molar-refractivity contribution in [3.63, 3.8) is 0 Å². The minimum Gasteiger partial charge on any atom is -0.317 e. The van der Waals surface area contributed by atoms with Crippen molar-refractivity contribution in [3.05, 3.63) is 40.6 Å². The quantitative estimate of drug-likeness (QED) is 0.645. The van der Waals surface area contributed by atoms with E-state index in [9.17, 15) is 4.79 Å². The van der Waals surface area contributed by atoms with Crippen LogP contribution in [-0.2, 0) is 6.54 Å². The Kier molecular flexibility index (Phi) is 1.72. The molecule has 0 N–H and O–H groups in total. The monoisotopic (exact) mass is 176 g/mol. The van der Waals surface area contributed by atoms with Crippen LogP contribution in [-0.4, -0.2) is 8.97 Å². The highest BCUT2D eigenvalue weighted by atomic mass is 16.1. The third-order valence-corrected chi connectivity index (χ3v) is 2.31. The number of aryl methyl sites for hydroxylation is 1. The molecule has 2 heterocycles. The number of hydrogen-bond acceptors (Lipinski definition) is 1. The normalized spacial score (nSPS) is 10.9. The van der Waals surface area contributed by atoms with E-state index in [1.165, 1.54) is 0 Å². The van der Waals surface area contributed by atoms with Gasteiger partial charge in [0.25, 0.3) is 5.56 Å². The number of aromatic nitrogens is 2. The lowest BCUT2D eigenvalue weighted by atomic mass is 10.4. The van der Waals surface area contributed by atoms with Crippen molar-refractivity contribution in [1.29, 1.82) is 0 Å². The summed E-state index contributed by atoms with van der Waals surface area (Å²) in [6.45, 7) is 4.66. The molecule has 0 aliphatic rings. The molecule has 0 aliphatic carbocycles. The minimum absolute atomic E-state index is 0.0903. The molecule has 0 saturated carbocycles. The molecule has 0 radical (unpaired) electrons. The molecule has 0 spiro atoms. The zero-order chi connectivity index (χ0) is 9.42. The van der Waals surface area contributed by atoms with Crippen molar-refractivity contribution >= 4 is 5.52 Å². The standard InChI is InChI=1S/C10H12N2O/c1-3-12-8(2)7-11-6-4-5-9(11)10(12)13/h4-7H,3H2,1-2H3. The summed E-state index contributed by atoms with van der Waals surface area (Å²) < 4.78 is 3.64. The smallest absolute Gasteiger partial charge is 0.275 e. The Balaban J connectivity index is 2.93. The first kappa shape index (κ1) is 8.10. The van der Waals surface area contributed by atoms with E-state index >= 15 is 0 Å². The second kappa shape index (κ2) is 2.76. The third kappa shape index (κ3) is 1.08. The topological polar surface area (TPSA) is 26.4 Å². The van der Waals surface area contributed by atoms with E-state index in [0.29, 0.717) is 0 Å². The predicted molar refractivity (Wildman–Crippen MR) is 52.1 cm³/mol. The molecule has 0 unspecified atom stereocenters. The lowest BCUT2D eigenvalue weighted by Gasteiger charge is -2.07. The number of fused-ring (bicyclic) bond motifs is 1. The Morgan fingerprint density at radius 3 is 2.92 bits per heavy atom. The summed E-state index contributed by atoms with van der Waals surface area (Å²) in [4.78, 5) is 11.8. The predicted octanol–water partition coefficient (Wildman–Crippen LogP) is 1.43. The van der Waals surface area contributed by atoms with Crippen molar-refractivity contribution in [2.45, 2.75) is 20.4 Å². The van der Waals surface area contributed by atoms with Gasteiger partial charge in [0.15, 0.2) is 0 Å². The Labute approximate surface area is 76.2 Å². The van der Waals surface area contributed by atoms with Gasteiger partial charge in [-0.1, -0.05) is 0 Å². The number of rotatable bonds is 1. The van der Waals surface area contributed by atoms with Gasteiger partial charge in [-0.05, 0) is 26.0 Å². The number of nitrogens with zero attached hydrogens (tertiary/aromatic N) is 2. The third-order valence-electron chi connectivity index (χ3n) is 2.31. The average Bonchev–Trinajstić information content (AvgIpc) is 2.53. The van der Waals surface area contributed by atoms with Crippen LogP contribution in [0.3, 0.4) is 0 Å². The Hall–Kier alpha value is -1.51. The molecule has 0 fully saturated rings. The molecule has 3 heteroatoms. The first-order chi connectivity index (χ1) is 6.24. The van der Waals surface area contributed by atoms with Crippen LogP contribution in [0.1, 0.15) is 12.6 Å². The molecule has 0 aliphatic heterocycles. The molecule has 2 rings (SSSR count). The van der Waals surface area contributed by atoms with Crippen LogP contribution in [0, 0.1) is 6.92 Å². The van der Waals surface area contributed by atoms with Gasteiger partial charge in [0.2, 0.25) is 0 Å². The molecule has 0 aromatic carbocycles. The van der Waals surface area contributed by atoms with Gasteiger partial charge in [-0.2, -0.15) is 0 Å². The summed E-state index contributed by atoms with van der Waals surface area (Å²) in [5, 5.41) is 0. The highest BCUT2D eigenvalue weighted by molar-refractivity contribution is 5.45. The molecular weight excluding hydrogens is 164 g/mol. The Bertz CT molecular complexity index is 493. The van der Waals surface area contributed by atoms with E-state index in [-0.39, 0.29) is 5.56 Å². The highest BCUT2D eigenvalue weighted by Crippen LogP contribution is 2.01. The van der Waals surface area contributed by atoms with Crippen molar-refractivity contribution in [2.24, 2.45) is 0 Å². The van der Waals surface area contributed by atoms with E-state index in [2.05, 4.69) is 0 Å². The van der Waals surface area contributed by atoms with Gasteiger partial charge in [0, 0.05) is 24.6 Å². The molecule has 0 bridgehead atoms. The van der Waals surface area contributed by atoms with Crippen LogP contribution in [0.25, 0.3) is 5.52 Å². The Morgan fingerprint density at radius 2 is 2.23 bits per heavy atom. The molecule has 0 amide bonds.